The van der Waals surface area contributed by atoms with Crippen molar-refractivity contribution in [2.24, 2.45) is 0 Å². The molecule has 0 unspecified atom stereocenters. The van der Waals surface area contributed by atoms with Crippen LogP contribution >= 0.6 is 0 Å². The molecule has 17 heavy (non-hydrogen) atoms. The van der Waals surface area contributed by atoms with Gasteiger partial charge in [0, 0.05) is 12.2 Å². The summed E-state index contributed by atoms with van der Waals surface area (Å²) < 4.78 is 0. The third-order valence-corrected chi connectivity index (χ3v) is 2.47. The maximum Gasteiger partial charge on any atom is 0.239 e. The smallest absolute Gasteiger partial charge is 0.239 e. The molecule has 0 heterocycles. The number of anilines is 1. The second-order valence-electron chi connectivity index (χ2n) is 4.22. The van der Waals surface area contributed by atoms with Crippen LogP contribution in [0, 0.1) is 0 Å². The average Bonchev–Trinajstić information content (AvgIpc) is 2.34. The highest BCUT2D eigenvalue weighted by Gasteiger charge is 2.01. The Balaban J connectivity index is 2.41. The predicted molar refractivity (Wildman–Crippen MR) is 72.2 cm³/mol. The van der Waals surface area contributed by atoms with Gasteiger partial charge < -0.3 is 10.6 Å². The van der Waals surface area contributed by atoms with Gasteiger partial charge in [-0.15, -0.1) is 6.58 Å². The molecular formula is C14H20N2O. The van der Waals surface area contributed by atoms with E-state index in [1.165, 1.54) is 5.56 Å². The van der Waals surface area contributed by atoms with Crippen LogP contribution in [0.2, 0.25) is 0 Å². The van der Waals surface area contributed by atoms with Crippen LogP contribution in [0.25, 0.3) is 0 Å². The molecular weight excluding hydrogens is 212 g/mol. The van der Waals surface area contributed by atoms with Crippen LogP contribution in [-0.4, -0.2) is 19.0 Å². The zero-order chi connectivity index (χ0) is 12.7. The Kier molecular flexibility index (Phi) is 5.27. The molecule has 1 rings (SSSR count). The molecule has 0 atom stereocenters. The predicted octanol–water partition coefficient (Wildman–Crippen LogP) is 2.52. The summed E-state index contributed by atoms with van der Waals surface area (Å²) in [6.07, 6.45) is 1.66. The van der Waals surface area contributed by atoms with Gasteiger partial charge in [0.15, 0.2) is 0 Å². The maximum atomic E-state index is 11.3. The van der Waals surface area contributed by atoms with Gasteiger partial charge in [-0.1, -0.05) is 32.1 Å². The van der Waals surface area contributed by atoms with Gasteiger partial charge in [0.1, 0.15) is 0 Å². The molecule has 0 radical (unpaired) electrons. The lowest BCUT2D eigenvalue weighted by molar-refractivity contribution is -0.119. The topological polar surface area (TPSA) is 41.1 Å². The number of amides is 1. The molecule has 1 aromatic carbocycles. The molecule has 3 heteroatoms. The van der Waals surface area contributed by atoms with E-state index in [1.54, 1.807) is 6.08 Å². The maximum absolute atomic E-state index is 11.3. The molecule has 0 saturated heterocycles. The fraction of sp³-hybridized carbons (Fsp3) is 0.357. The summed E-state index contributed by atoms with van der Waals surface area (Å²) >= 11 is 0. The van der Waals surface area contributed by atoms with Gasteiger partial charge in [-0.05, 0) is 23.6 Å². The fourth-order valence-corrected chi connectivity index (χ4v) is 1.42. The molecule has 3 nitrogen and oxygen atoms in total. The SMILES string of the molecule is C=CCNC(=O)CNc1ccc(C(C)C)cc1. The Labute approximate surface area is 103 Å². The standard InChI is InChI=1S/C14H20N2O/c1-4-9-15-14(17)10-16-13-7-5-12(6-8-13)11(2)3/h4-8,11,16H,1,9-10H2,2-3H3,(H,15,17). The summed E-state index contributed by atoms with van der Waals surface area (Å²) in [5.74, 6) is 0.498. The molecule has 0 aliphatic heterocycles. The van der Waals surface area contributed by atoms with Gasteiger partial charge in [-0.3, -0.25) is 4.79 Å². The van der Waals surface area contributed by atoms with Gasteiger partial charge in [-0.25, -0.2) is 0 Å². The highest BCUT2D eigenvalue weighted by Crippen LogP contribution is 2.16. The van der Waals surface area contributed by atoms with Crippen LogP contribution in [0.1, 0.15) is 25.3 Å². The van der Waals surface area contributed by atoms with Crippen LogP contribution < -0.4 is 10.6 Å². The number of hydrogen-bond acceptors (Lipinski definition) is 2. The quantitative estimate of drug-likeness (QED) is 0.740. The van der Waals surface area contributed by atoms with Gasteiger partial charge in [-0.2, -0.15) is 0 Å². The summed E-state index contributed by atoms with van der Waals surface area (Å²) in [6, 6.07) is 8.15. The Hall–Kier alpha value is -1.77. The van der Waals surface area contributed by atoms with Crippen molar-refractivity contribution >= 4 is 11.6 Å². The minimum atomic E-state index is -0.0298. The first-order valence-corrected chi connectivity index (χ1v) is 5.85. The molecule has 0 saturated carbocycles. The second-order valence-corrected chi connectivity index (χ2v) is 4.22. The lowest BCUT2D eigenvalue weighted by Crippen LogP contribution is -2.29. The molecule has 0 aliphatic carbocycles. The number of carbonyl (C=O) groups is 1. The largest absolute Gasteiger partial charge is 0.376 e. The fourth-order valence-electron chi connectivity index (χ4n) is 1.42. The van der Waals surface area contributed by atoms with Crippen LogP contribution in [0.3, 0.4) is 0 Å². The summed E-state index contributed by atoms with van der Waals surface area (Å²) in [4.78, 5) is 11.3. The Morgan fingerprint density at radius 3 is 2.53 bits per heavy atom. The van der Waals surface area contributed by atoms with Crippen molar-refractivity contribution < 1.29 is 4.79 Å². The molecule has 0 fully saturated rings. The van der Waals surface area contributed by atoms with Crippen molar-refractivity contribution in [3.63, 3.8) is 0 Å². The van der Waals surface area contributed by atoms with Crippen molar-refractivity contribution in [3.8, 4) is 0 Å². The Morgan fingerprint density at radius 1 is 1.35 bits per heavy atom. The first-order chi connectivity index (χ1) is 8.13. The monoisotopic (exact) mass is 232 g/mol. The molecule has 0 aliphatic rings. The van der Waals surface area contributed by atoms with Crippen molar-refractivity contribution in [2.75, 3.05) is 18.4 Å². The lowest BCUT2D eigenvalue weighted by atomic mass is 10.0. The zero-order valence-electron chi connectivity index (χ0n) is 10.5. The van der Waals surface area contributed by atoms with Crippen molar-refractivity contribution in [1.82, 2.24) is 5.32 Å². The average molecular weight is 232 g/mol. The van der Waals surface area contributed by atoms with Crippen molar-refractivity contribution in [1.29, 1.82) is 0 Å². The minimum absolute atomic E-state index is 0.0298. The van der Waals surface area contributed by atoms with E-state index >= 15 is 0 Å². The zero-order valence-corrected chi connectivity index (χ0v) is 10.5. The van der Waals surface area contributed by atoms with Gasteiger partial charge in [0.25, 0.3) is 0 Å². The number of rotatable bonds is 6. The summed E-state index contributed by atoms with van der Waals surface area (Å²) in [7, 11) is 0. The summed E-state index contributed by atoms with van der Waals surface area (Å²) in [6.45, 7) is 8.65. The van der Waals surface area contributed by atoms with E-state index < -0.39 is 0 Å². The number of nitrogens with one attached hydrogen (secondary N) is 2. The highest BCUT2D eigenvalue weighted by atomic mass is 16.1. The van der Waals surface area contributed by atoms with E-state index in [2.05, 4.69) is 43.2 Å². The molecule has 0 aromatic heterocycles. The van der Waals surface area contributed by atoms with Crippen LogP contribution in [0.4, 0.5) is 5.69 Å². The van der Waals surface area contributed by atoms with E-state index in [1.807, 2.05) is 12.1 Å². The first kappa shape index (κ1) is 13.3. The molecule has 1 amide bonds. The van der Waals surface area contributed by atoms with Crippen LogP contribution in [-0.2, 0) is 4.79 Å². The van der Waals surface area contributed by atoms with E-state index in [4.69, 9.17) is 0 Å². The van der Waals surface area contributed by atoms with E-state index in [0.29, 0.717) is 12.5 Å². The summed E-state index contributed by atoms with van der Waals surface area (Å²) in [5.41, 5.74) is 2.26. The summed E-state index contributed by atoms with van der Waals surface area (Å²) in [5, 5.41) is 5.79. The minimum Gasteiger partial charge on any atom is -0.376 e. The molecule has 1 aromatic rings. The number of hydrogen-bond donors (Lipinski definition) is 2. The third kappa shape index (κ3) is 4.72. The first-order valence-electron chi connectivity index (χ1n) is 5.85. The third-order valence-electron chi connectivity index (χ3n) is 2.47. The molecule has 0 bridgehead atoms. The van der Waals surface area contributed by atoms with Crippen LogP contribution in [0.5, 0.6) is 0 Å². The van der Waals surface area contributed by atoms with Gasteiger partial charge >= 0.3 is 0 Å². The number of benzene rings is 1. The molecule has 2 N–H and O–H groups in total. The van der Waals surface area contributed by atoms with E-state index in [-0.39, 0.29) is 12.5 Å². The second kappa shape index (κ2) is 6.74. The normalized spacial score (nSPS) is 10.1. The molecule has 0 spiro atoms. The van der Waals surface area contributed by atoms with E-state index in [0.717, 1.165) is 5.69 Å². The van der Waals surface area contributed by atoms with E-state index in [9.17, 15) is 4.79 Å². The Bertz CT molecular complexity index is 368. The van der Waals surface area contributed by atoms with Crippen LogP contribution in [0.15, 0.2) is 36.9 Å². The Morgan fingerprint density at radius 2 is 2.00 bits per heavy atom. The van der Waals surface area contributed by atoms with Gasteiger partial charge in [0.2, 0.25) is 5.91 Å². The number of carbonyl (C=O) groups excluding carboxylic acids is 1. The van der Waals surface area contributed by atoms with Crippen molar-refractivity contribution in [2.45, 2.75) is 19.8 Å². The van der Waals surface area contributed by atoms with Crippen molar-refractivity contribution in [3.05, 3.63) is 42.5 Å². The highest BCUT2D eigenvalue weighted by molar-refractivity contribution is 5.80. The van der Waals surface area contributed by atoms with Gasteiger partial charge in [0.05, 0.1) is 6.54 Å². The molecule has 92 valence electrons. The lowest BCUT2D eigenvalue weighted by Gasteiger charge is -2.09.